The van der Waals surface area contributed by atoms with Crippen LogP contribution in [-0.2, 0) is 25.4 Å². The van der Waals surface area contributed by atoms with E-state index >= 15 is 0 Å². The lowest BCUT2D eigenvalue weighted by Gasteiger charge is -2.58. The van der Waals surface area contributed by atoms with Crippen molar-refractivity contribution in [3.05, 3.63) is 35.4 Å². The number of aliphatic hydroxyl groups is 3. The molecule has 0 radical (unpaired) electrons. The van der Waals surface area contributed by atoms with Gasteiger partial charge in [-0.15, -0.1) is 0 Å². The number of nitrogens with one attached hydrogen (secondary N) is 3. The number of aliphatic hydroxyl groups excluding tert-OH is 2. The summed E-state index contributed by atoms with van der Waals surface area (Å²) in [5, 5.41) is 42.0. The van der Waals surface area contributed by atoms with Crippen LogP contribution in [0.15, 0.2) is 24.3 Å². The van der Waals surface area contributed by atoms with Crippen molar-refractivity contribution in [1.82, 2.24) is 16.0 Å². The number of hydrogen-bond donors (Lipinski definition) is 6. The zero-order valence-electron chi connectivity index (χ0n) is 19.4. The summed E-state index contributed by atoms with van der Waals surface area (Å²) in [4.78, 5) is 12.8. The van der Waals surface area contributed by atoms with Gasteiger partial charge in [0, 0.05) is 0 Å². The number of ether oxygens (including phenoxy) is 3. The summed E-state index contributed by atoms with van der Waals surface area (Å²) in [6.45, 7) is 3.78. The van der Waals surface area contributed by atoms with Crippen molar-refractivity contribution >= 4 is 5.91 Å². The number of hydrogen-bond acceptors (Lipinski definition) is 9. The minimum absolute atomic E-state index is 0.154. The van der Waals surface area contributed by atoms with Crippen molar-refractivity contribution in [2.45, 2.75) is 87.4 Å². The van der Waals surface area contributed by atoms with Gasteiger partial charge in [-0.1, -0.05) is 29.8 Å². The standard InChI is InChI=1S/C23H35N3O7/c1-11-6-5-7-13(8-11)10-15(27)26-14-9-12(2)31-22-23(14,30)33-20-17(25-4)18(28)16(24-3)19(29)21(20)32-22/h5-8,12,14,16-22,24-25,28-30H,9-10H2,1-4H3,(H,26,27)/t12-,14-,16-,17+,18+,19-,20?,21?,22?,23+/m1/s1. The number of rotatable bonds is 5. The summed E-state index contributed by atoms with van der Waals surface area (Å²) in [7, 11) is 3.30. The Bertz CT molecular complexity index is 857. The molecule has 3 unspecified atom stereocenters. The van der Waals surface area contributed by atoms with Gasteiger partial charge in [-0.05, 0) is 39.9 Å². The van der Waals surface area contributed by atoms with Crippen LogP contribution in [0.4, 0.5) is 0 Å². The molecule has 3 aliphatic rings. The smallest absolute Gasteiger partial charge is 0.239 e. The van der Waals surface area contributed by atoms with E-state index in [1.165, 1.54) is 0 Å². The Hall–Kier alpha value is -1.63. The van der Waals surface area contributed by atoms with Crippen LogP contribution in [0.2, 0.25) is 0 Å². The zero-order valence-corrected chi connectivity index (χ0v) is 19.4. The predicted molar refractivity (Wildman–Crippen MR) is 118 cm³/mol. The van der Waals surface area contributed by atoms with Crippen molar-refractivity contribution in [2.24, 2.45) is 0 Å². The predicted octanol–water partition coefficient (Wildman–Crippen LogP) is -1.46. The maximum absolute atomic E-state index is 12.8. The summed E-state index contributed by atoms with van der Waals surface area (Å²) in [5.74, 6) is -2.25. The molecule has 6 N–H and O–H groups in total. The highest BCUT2D eigenvalue weighted by Gasteiger charge is 2.63. The summed E-state index contributed by atoms with van der Waals surface area (Å²) in [6, 6.07) is 5.57. The third kappa shape index (κ3) is 4.54. The van der Waals surface area contributed by atoms with Gasteiger partial charge in [-0.25, -0.2) is 0 Å². The molecule has 1 amide bonds. The van der Waals surface area contributed by atoms with Gasteiger partial charge in [0.15, 0.2) is 0 Å². The molecule has 10 nitrogen and oxygen atoms in total. The second kappa shape index (κ2) is 9.55. The number of carbonyl (C=O) groups excluding carboxylic acids is 1. The van der Waals surface area contributed by atoms with E-state index in [0.717, 1.165) is 11.1 Å². The average Bonchev–Trinajstić information content (AvgIpc) is 2.74. The van der Waals surface area contributed by atoms with Gasteiger partial charge in [0.1, 0.15) is 18.3 Å². The lowest BCUT2D eigenvalue weighted by molar-refractivity contribution is -0.449. The first kappa shape index (κ1) is 24.5. The Morgan fingerprint density at radius 2 is 1.85 bits per heavy atom. The molecule has 0 bridgehead atoms. The monoisotopic (exact) mass is 465 g/mol. The molecule has 0 spiro atoms. The zero-order chi connectivity index (χ0) is 23.9. The Kier molecular flexibility index (Phi) is 7.09. The van der Waals surface area contributed by atoms with Crippen LogP contribution >= 0.6 is 0 Å². The molecular weight excluding hydrogens is 430 g/mol. The molecular formula is C23H35N3O7. The lowest BCUT2D eigenvalue weighted by Crippen LogP contribution is -2.79. The fourth-order valence-corrected chi connectivity index (χ4v) is 5.27. The first-order valence-electron chi connectivity index (χ1n) is 11.4. The third-order valence-electron chi connectivity index (χ3n) is 6.93. The first-order chi connectivity index (χ1) is 15.7. The molecule has 10 atom stereocenters. The van der Waals surface area contributed by atoms with Crippen LogP contribution in [-0.4, -0.2) is 96.0 Å². The molecule has 184 valence electrons. The average molecular weight is 466 g/mol. The highest BCUT2D eigenvalue weighted by Crippen LogP contribution is 2.41. The summed E-state index contributed by atoms with van der Waals surface area (Å²) < 4.78 is 18.0. The van der Waals surface area contributed by atoms with E-state index in [2.05, 4.69) is 16.0 Å². The van der Waals surface area contributed by atoms with Gasteiger partial charge >= 0.3 is 0 Å². The van der Waals surface area contributed by atoms with Crippen molar-refractivity contribution in [3.8, 4) is 0 Å². The van der Waals surface area contributed by atoms with Gasteiger partial charge in [0.25, 0.3) is 0 Å². The van der Waals surface area contributed by atoms with Crippen molar-refractivity contribution in [3.63, 3.8) is 0 Å². The molecule has 1 aromatic rings. The van der Waals surface area contributed by atoms with Crippen molar-refractivity contribution < 1.29 is 34.3 Å². The van der Waals surface area contributed by atoms with Gasteiger partial charge in [0.2, 0.25) is 18.0 Å². The van der Waals surface area contributed by atoms with Crippen LogP contribution in [0.1, 0.15) is 24.5 Å². The van der Waals surface area contributed by atoms with E-state index in [4.69, 9.17) is 14.2 Å². The second-order valence-electron chi connectivity index (χ2n) is 9.35. The van der Waals surface area contributed by atoms with Crippen molar-refractivity contribution in [2.75, 3.05) is 14.1 Å². The fourth-order valence-electron chi connectivity index (χ4n) is 5.27. The molecule has 2 heterocycles. The molecule has 2 aliphatic heterocycles. The molecule has 0 aromatic heterocycles. The molecule has 1 aromatic carbocycles. The van der Waals surface area contributed by atoms with E-state index < -0.39 is 54.6 Å². The van der Waals surface area contributed by atoms with Gasteiger partial charge in [0.05, 0.1) is 36.8 Å². The Labute approximate surface area is 193 Å². The lowest BCUT2D eigenvalue weighted by atomic mass is 9.79. The quantitative estimate of drug-likeness (QED) is 0.308. The summed E-state index contributed by atoms with van der Waals surface area (Å²) in [6.07, 6.45) is -4.92. The Morgan fingerprint density at radius 1 is 1.12 bits per heavy atom. The largest absolute Gasteiger partial charge is 0.390 e. The number of fused-ring (bicyclic) bond motifs is 2. The number of likely N-dealkylation sites (N-methyl/N-ethyl adjacent to an activating group) is 2. The van der Waals surface area contributed by atoms with E-state index in [0.29, 0.717) is 6.42 Å². The maximum atomic E-state index is 12.8. The van der Waals surface area contributed by atoms with Crippen LogP contribution in [0.3, 0.4) is 0 Å². The van der Waals surface area contributed by atoms with E-state index in [9.17, 15) is 20.1 Å². The summed E-state index contributed by atoms with van der Waals surface area (Å²) >= 11 is 0. The Balaban J connectivity index is 1.55. The SMILES string of the molecule is CN[C@@H]1[C@H](O)[C@H](NC)C2O[C@]3(O)C(OC2[C@@H]1O)O[C@H](C)C[C@H]3NC(=O)Cc1cccc(C)c1. The maximum Gasteiger partial charge on any atom is 0.239 e. The number of aryl methyl sites for hydroxylation is 1. The molecule has 33 heavy (non-hydrogen) atoms. The van der Waals surface area contributed by atoms with Crippen LogP contribution in [0.25, 0.3) is 0 Å². The third-order valence-corrected chi connectivity index (χ3v) is 6.93. The summed E-state index contributed by atoms with van der Waals surface area (Å²) in [5.41, 5.74) is 1.92. The number of amides is 1. The van der Waals surface area contributed by atoms with Crippen LogP contribution in [0.5, 0.6) is 0 Å². The molecule has 1 aliphatic carbocycles. The Morgan fingerprint density at radius 3 is 2.52 bits per heavy atom. The van der Waals surface area contributed by atoms with E-state index in [1.54, 1.807) is 14.1 Å². The molecule has 4 rings (SSSR count). The van der Waals surface area contributed by atoms with Gasteiger partial charge in [-0.3, -0.25) is 4.79 Å². The second-order valence-corrected chi connectivity index (χ2v) is 9.35. The first-order valence-corrected chi connectivity index (χ1v) is 11.4. The van der Waals surface area contributed by atoms with E-state index in [-0.39, 0.29) is 18.4 Å². The van der Waals surface area contributed by atoms with Crippen LogP contribution in [0, 0.1) is 6.92 Å². The fraction of sp³-hybridized carbons (Fsp3) is 0.696. The minimum Gasteiger partial charge on any atom is -0.390 e. The van der Waals surface area contributed by atoms with E-state index in [1.807, 2.05) is 38.1 Å². The normalized spacial score (nSPS) is 42.8. The highest BCUT2D eigenvalue weighted by molar-refractivity contribution is 5.79. The number of benzene rings is 1. The topological polar surface area (TPSA) is 142 Å². The molecule has 1 saturated carbocycles. The molecule has 2 saturated heterocycles. The van der Waals surface area contributed by atoms with Crippen molar-refractivity contribution in [1.29, 1.82) is 0 Å². The number of carbonyl (C=O) groups is 1. The highest BCUT2D eigenvalue weighted by atomic mass is 16.8. The van der Waals surface area contributed by atoms with Crippen LogP contribution < -0.4 is 16.0 Å². The molecule has 10 heteroatoms. The van der Waals surface area contributed by atoms with Gasteiger partial charge in [-0.2, -0.15) is 0 Å². The van der Waals surface area contributed by atoms with Gasteiger partial charge < -0.3 is 45.5 Å². The molecule has 3 fully saturated rings. The minimum atomic E-state index is -1.99.